The minimum Gasteiger partial charge on any atom is -0.495 e. The quantitative estimate of drug-likeness (QED) is 0.765. The van der Waals surface area contributed by atoms with Crippen LogP contribution in [0.4, 0.5) is 5.69 Å². The van der Waals surface area contributed by atoms with E-state index >= 15 is 0 Å². The highest BCUT2D eigenvalue weighted by Crippen LogP contribution is 2.41. The van der Waals surface area contributed by atoms with E-state index in [9.17, 15) is 14.7 Å². The number of benzene rings is 2. The van der Waals surface area contributed by atoms with E-state index in [1.54, 1.807) is 25.3 Å². The first-order valence-corrected chi connectivity index (χ1v) is 10.6. The lowest BCUT2D eigenvalue weighted by Gasteiger charge is -2.30. The average molecular weight is 429 g/mol. The Balaban J connectivity index is 1.69. The zero-order valence-corrected chi connectivity index (χ0v) is 17.6. The SMILES string of the molecule is COc1cc(C(=O)N2[C@@H](c3ccccc3Cl)CC[C@H]2C(=O)O)ccc1N1CCCC1. The molecule has 0 saturated carbocycles. The summed E-state index contributed by atoms with van der Waals surface area (Å²) in [5, 5.41) is 10.3. The van der Waals surface area contributed by atoms with Crippen LogP contribution in [-0.2, 0) is 4.79 Å². The van der Waals surface area contributed by atoms with E-state index in [4.69, 9.17) is 16.3 Å². The van der Waals surface area contributed by atoms with Gasteiger partial charge in [0.1, 0.15) is 11.8 Å². The molecule has 2 saturated heterocycles. The molecule has 6 nitrogen and oxygen atoms in total. The van der Waals surface area contributed by atoms with Gasteiger partial charge in [0.2, 0.25) is 0 Å². The number of carbonyl (C=O) groups excluding carboxylic acids is 1. The summed E-state index contributed by atoms with van der Waals surface area (Å²) in [5.74, 6) is -0.697. The lowest BCUT2D eigenvalue weighted by Crippen LogP contribution is -2.42. The van der Waals surface area contributed by atoms with E-state index in [1.807, 2.05) is 24.3 Å². The molecule has 0 unspecified atom stereocenters. The first-order valence-electron chi connectivity index (χ1n) is 10.2. The summed E-state index contributed by atoms with van der Waals surface area (Å²) in [6, 6.07) is 11.4. The number of carbonyl (C=O) groups is 2. The number of carboxylic acids is 1. The van der Waals surface area contributed by atoms with Crippen molar-refractivity contribution < 1.29 is 19.4 Å². The Morgan fingerprint density at radius 3 is 2.50 bits per heavy atom. The van der Waals surface area contributed by atoms with E-state index < -0.39 is 12.0 Å². The summed E-state index contributed by atoms with van der Waals surface area (Å²) in [6.07, 6.45) is 3.21. The van der Waals surface area contributed by atoms with Crippen molar-refractivity contribution in [2.45, 2.75) is 37.8 Å². The number of anilines is 1. The molecular formula is C23H25ClN2O4. The zero-order chi connectivity index (χ0) is 21.3. The van der Waals surface area contributed by atoms with Crippen LogP contribution in [0.5, 0.6) is 5.75 Å². The summed E-state index contributed by atoms with van der Waals surface area (Å²) in [6.45, 7) is 1.93. The van der Waals surface area contributed by atoms with Gasteiger partial charge in [0.15, 0.2) is 0 Å². The highest BCUT2D eigenvalue weighted by Gasteiger charge is 2.42. The third kappa shape index (κ3) is 3.72. The molecule has 2 atom stereocenters. The monoisotopic (exact) mass is 428 g/mol. The summed E-state index contributed by atoms with van der Waals surface area (Å²) >= 11 is 6.38. The predicted octanol–water partition coefficient (Wildman–Crippen LogP) is 4.38. The number of hydrogen-bond donors (Lipinski definition) is 1. The van der Waals surface area contributed by atoms with Crippen molar-refractivity contribution in [3.8, 4) is 5.75 Å². The van der Waals surface area contributed by atoms with Crippen LogP contribution in [0.25, 0.3) is 0 Å². The van der Waals surface area contributed by atoms with Gasteiger partial charge in [0, 0.05) is 23.7 Å². The van der Waals surface area contributed by atoms with Crippen LogP contribution in [0.3, 0.4) is 0 Å². The fourth-order valence-electron chi connectivity index (χ4n) is 4.57. The van der Waals surface area contributed by atoms with Crippen molar-refractivity contribution in [1.29, 1.82) is 0 Å². The summed E-state index contributed by atoms with van der Waals surface area (Å²) in [7, 11) is 1.59. The highest BCUT2D eigenvalue weighted by molar-refractivity contribution is 6.31. The number of nitrogens with zero attached hydrogens (tertiary/aromatic N) is 2. The number of halogens is 1. The lowest BCUT2D eigenvalue weighted by atomic mass is 10.0. The number of amides is 1. The molecule has 7 heteroatoms. The van der Waals surface area contributed by atoms with Crippen LogP contribution < -0.4 is 9.64 Å². The Morgan fingerprint density at radius 2 is 1.83 bits per heavy atom. The zero-order valence-electron chi connectivity index (χ0n) is 16.9. The van der Waals surface area contributed by atoms with Crippen molar-refractivity contribution in [3.05, 3.63) is 58.6 Å². The number of methoxy groups -OCH3 is 1. The second-order valence-electron chi connectivity index (χ2n) is 7.76. The molecule has 2 aliphatic rings. The van der Waals surface area contributed by atoms with Crippen molar-refractivity contribution in [1.82, 2.24) is 4.90 Å². The molecule has 0 aliphatic carbocycles. The topological polar surface area (TPSA) is 70.1 Å². The van der Waals surface area contributed by atoms with Crippen LogP contribution in [0.2, 0.25) is 5.02 Å². The van der Waals surface area contributed by atoms with Crippen molar-refractivity contribution in [2.75, 3.05) is 25.1 Å². The molecule has 0 aromatic heterocycles. The summed E-state index contributed by atoms with van der Waals surface area (Å²) in [5.41, 5.74) is 2.15. The van der Waals surface area contributed by atoms with Crippen molar-refractivity contribution >= 4 is 29.2 Å². The summed E-state index contributed by atoms with van der Waals surface area (Å²) in [4.78, 5) is 29.1. The standard InChI is InChI=1S/C23H25ClN2O4/c1-30-21-14-15(8-9-19(21)25-12-4-5-13-25)22(27)26-18(10-11-20(26)23(28)29)16-6-2-3-7-17(16)24/h2-3,6-9,14,18,20H,4-5,10-13H2,1H3,(H,28,29)/t18-,20+/m1/s1. The van der Waals surface area contributed by atoms with Gasteiger partial charge in [0.25, 0.3) is 5.91 Å². The van der Waals surface area contributed by atoms with E-state index in [0.29, 0.717) is 29.2 Å². The third-order valence-corrected chi connectivity index (χ3v) is 6.39. The lowest BCUT2D eigenvalue weighted by molar-refractivity contribution is -0.141. The Hall–Kier alpha value is -2.73. The van der Waals surface area contributed by atoms with Gasteiger partial charge in [-0.05, 0) is 55.5 Å². The van der Waals surface area contributed by atoms with Gasteiger partial charge in [0.05, 0.1) is 18.8 Å². The Labute approximate surface area is 181 Å². The van der Waals surface area contributed by atoms with Crippen LogP contribution in [0, 0.1) is 0 Å². The number of likely N-dealkylation sites (tertiary alicyclic amines) is 1. The molecule has 0 spiro atoms. The number of ether oxygens (including phenoxy) is 1. The van der Waals surface area contributed by atoms with Crippen LogP contribution >= 0.6 is 11.6 Å². The molecule has 1 N–H and O–H groups in total. The first kappa shape index (κ1) is 20.5. The molecule has 2 aromatic rings. The molecule has 2 aromatic carbocycles. The molecule has 158 valence electrons. The van der Waals surface area contributed by atoms with Crippen LogP contribution in [-0.4, -0.2) is 48.1 Å². The van der Waals surface area contributed by atoms with Gasteiger partial charge in [-0.2, -0.15) is 0 Å². The summed E-state index contributed by atoms with van der Waals surface area (Å²) < 4.78 is 5.57. The highest BCUT2D eigenvalue weighted by atomic mass is 35.5. The van der Waals surface area contributed by atoms with E-state index in [-0.39, 0.29) is 11.9 Å². The van der Waals surface area contributed by atoms with Gasteiger partial charge >= 0.3 is 5.97 Å². The van der Waals surface area contributed by atoms with Crippen molar-refractivity contribution in [2.24, 2.45) is 0 Å². The molecule has 1 amide bonds. The second-order valence-corrected chi connectivity index (χ2v) is 8.17. The fourth-order valence-corrected chi connectivity index (χ4v) is 4.83. The molecule has 0 bridgehead atoms. The largest absolute Gasteiger partial charge is 0.495 e. The average Bonchev–Trinajstić information content (AvgIpc) is 3.43. The van der Waals surface area contributed by atoms with Crippen LogP contribution in [0.1, 0.15) is 47.6 Å². The fraction of sp³-hybridized carbons (Fsp3) is 0.391. The normalized spacial score (nSPS) is 21.1. The Morgan fingerprint density at radius 1 is 1.10 bits per heavy atom. The molecule has 2 aliphatic heterocycles. The van der Waals surface area contributed by atoms with Gasteiger partial charge in [-0.3, -0.25) is 4.79 Å². The molecular weight excluding hydrogens is 404 g/mol. The van der Waals surface area contributed by atoms with Gasteiger partial charge in [-0.15, -0.1) is 0 Å². The maximum absolute atomic E-state index is 13.5. The van der Waals surface area contributed by atoms with E-state index in [2.05, 4.69) is 4.90 Å². The van der Waals surface area contributed by atoms with E-state index in [1.165, 1.54) is 4.90 Å². The van der Waals surface area contributed by atoms with Gasteiger partial charge in [-0.1, -0.05) is 29.8 Å². The predicted molar refractivity (Wildman–Crippen MR) is 115 cm³/mol. The molecule has 30 heavy (non-hydrogen) atoms. The van der Waals surface area contributed by atoms with Gasteiger partial charge in [-0.25, -0.2) is 4.79 Å². The molecule has 4 rings (SSSR count). The van der Waals surface area contributed by atoms with Crippen molar-refractivity contribution in [3.63, 3.8) is 0 Å². The molecule has 2 fully saturated rings. The smallest absolute Gasteiger partial charge is 0.326 e. The maximum Gasteiger partial charge on any atom is 0.326 e. The van der Waals surface area contributed by atoms with Crippen LogP contribution in [0.15, 0.2) is 42.5 Å². The third-order valence-electron chi connectivity index (χ3n) is 6.04. The number of aliphatic carboxylic acids is 1. The molecule has 2 heterocycles. The maximum atomic E-state index is 13.5. The van der Waals surface area contributed by atoms with Gasteiger partial charge < -0.3 is 19.6 Å². The number of hydrogen-bond acceptors (Lipinski definition) is 4. The first-order chi connectivity index (χ1) is 14.5. The Kier molecular flexibility index (Phi) is 5.86. The minimum atomic E-state index is -1.00. The second kappa shape index (κ2) is 8.56. The Bertz CT molecular complexity index is 958. The minimum absolute atomic E-state index is 0.323. The van der Waals surface area contributed by atoms with E-state index in [0.717, 1.165) is 37.2 Å². The number of rotatable bonds is 5. The molecule has 0 radical (unpaired) electrons. The number of carboxylic acid groups (broad SMARTS) is 1.